The van der Waals surface area contributed by atoms with E-state index in [4.69, 9.17) is 22.1 Å². The lowest BCUT2D eigenvalue weighted by atomic mass is 10.1. The van der Waals surface area contributed by atoms with E-state index in [2.05, 4.69) is 5.10 Å². The minimum absolute atomic E-state index is 0.0747. The molecule has 0 spiro atoms. The predicted octanol–water partition coefficient (Wildman–Crippen LogP) is 3.29. The number of hydrogen-bond acceptors (Lipinski definition) is 3. The molecule has 20 heavy (non-hydrogen) atoms. The first-order chi connectivity index (χ1) is 9.40. The molecule has 1 heterocycles. The van der Waals surface area contributed by atoms with Gasteiger partial charge in [-0.3, -0.25) is 4.68 Å². The Labute approximate surface area is 124 Å². The van der Waals surface area contributed by atoms with Crippen molar-refractivity contribution in [3.8, 4) is 5.75 Å². The van der Waals surface area contributed by atoms with Crippen molar-refractivity contribution >= 4 is 11.6 Å². The van der Waals surface area contributed by atoms with Crippen LogP contribution in [-0.4, -0.2) is 9.78 Å². The van der Waals surface area contributed by atoms with Gasteiger partial charge >= 0.3 is 0 Å². The number of nitrogens with two attached hydrogens (primary N) is 1. The van der Waals surface area contributed by atoms with Gasteiger partial charge in [-0.05, 0) is 32.4 Å². The fraction of sp³-hybridized carbons (Fsp3) is 0.400. The highest BCUT2D eigenvalue weighted by Gasteiger charge is 2.14. The summed E-state index contributed by atoms with van der Waals surface area (Å²) in [6.45, 7) is 6.23. The zero-order valence-electron chi connectivity index (χ0n) is 12.3. The SMILES string of the molecule is Cc1ccc(C(C)N)c(OCc2c(Cl)c(C)nn2C)c1. The van der Waals surface area contributed by atoms with E-state index in [-0.39, 0.29) is 6.04 Å². The lowest BCUT2D eigenvalue weighted by Crippen LogP contribution is -2.09. The van der Waals surface area contributed by atoms with Gasteiger partial charge in [-0.25, -0.2) is 0 Å². The van der Waals surface area contributed by atoms with Gasteiger partial charge in [0.15, 0.2) is 0 Å². The summed E-state index contributed by atoms with van der Waals surface area (Å²) in [6.07, 6.45) is 0. The largest absolute Gasteiger partial charge is 0.487 e. The average molecular weight is 294 g/mol. The summed E-state index contributed by atoms with van der Waals surface area (Å²) in [5.41, 5.74) is 9.77. The van der Waals surface area contributed by atoms with Gasteiger partial charge in [0.2, 0.25) is 0 Å². The molecule has 0 aliphatic rings. The monoisotopic (exact) mass is 293 g/mol. The van der Waals surface area contributed by atoms with Crippen molar-refractivity contribution < 1.29 is 4.74 Å². The van der Waals surface area contributed by atoms with Gasteiger partial charge in [-0.1, -0.05) is 23.7 Å². The van der Waals surface area contributed by atoms with E-state index in [1.54, 1.807) is 4.68 Å². The maximum atomic E-state index is 6.23. The summed E-state index contributed by atoms with van der Waals surface area (Å²) < 4.78 is 7.66. The molecule has 108 valence electrons. The number of aryl methyl sites for hydroxylation is 3. The predicted molar refractivity (Wildman–Crippen MR) is 81.1 cm³/mol. The maximum Gasteiger partial charge on any atom is 0.131 e. The highest BCUT2D eigenvalue weighted by molar-refractivity contribution is 6.31. The quantitative estimate of drug-likeness (QED) is 0.941. The summed E-state index contributed by atoms with van der Waals surface area (Å²) in [7, 11) is 1.86. The third kappa shape index (κ3) is 2.97. The maximum absolute atomic E-state index is 6.23. The first-order valence-electron chi connectivity index (χ1n) is 6.57. The molecule has 0 bridgehead atoms. The molecule has 0 amide bonds. The molecule has 0 saturated heterocycles. The Kier molecular flexibility index (Phi) is 4.35. The standard InChI is InChI=1S/C15H20ClN3O/c1-9-5-6-12(10(2)17)14(7-9)20-8-13-15(16)11(3)18-19(13)4/h5-7,10H,8,17H2,1-4H3. The molecule has 1 atom stereocenters. The van der Waals surface area contributed by atoms with Crippen molar-refractivity contribution in [2.24, 2.45) is 12.8 Å². The Morgan fingerprint density at radius 1 is 1.40 bits per heavy atom. The van der Waals surface area contributed by atoms with E-state index >= 15 is 0 Å². The van der Waals surface area contributed by atoms with Crippen molar-refractivity contribution in [2.75, 3.05) is 0 Å². The van der Waals surface area contributed by atoms with E-state index in [9.17, 15) is 0 Å². The molecule has 0 aliphatic heterocycles. The second-order valence-corrected chi connectivity index (χ2v) is 5.47. The molecular weight excluding hydrogens is 274 g/mol. The molecule has 0 radical (unpaired) electrons. The Balaban J connectivity index is 2.24. The van der Waals surface area contributed by atoms with E-state index in [0.717, 1.165) is 28.3 Å². The smallest absolute Gasteiger partial charge is 0.131 e. The van der Waals surface area contributed by atoms with Crippen LogP contribution in [0.15, 0.2) is 18.2 Å². The third-order valence-electron chi connectivity index (χ3n) is 3.29. The van der Waals surface area contributed by atoms with Crippen molar-refractivity contribution in [2.45, 2.75) is 33.4 Å². The summed E-state index contributed by atoms with van der Waals surface area (Å²) in [5, 5.41) is 4.93. The summed E-state index contributed by atoms with van der Waals surface area (Å²) in [5.74, 6) is 0.801. The van der Waals surface area contributed by atoms with Crippen LogP contribution in [0.3, 0.4) is 0 Å². The average Bonchev–Trinajstić information content (AvgIpc) is 2.61. The Morgan fingerprint density at radius 3 is 2.65 bits per heavy atom. The molecule has 4 nitrogen and oxygen atoms in total. The van der Waals surface area contributed by atoms with E-state index in [1.165, 1.54) is 0 Å². The molecule has 0 saturated carbocycles. The molecule has 1 aromatic carbocycles. The highest BCUT2D eigenvalue weighted by Crippen LogP contribution is 2.27. The summed E-state index contributed by atoms with van der Waals surface area (Å²) >= 11 is 6.23. The first kappa shape index (κ1) is 14.9. The van der Waals surface area contributed by atoms with Gasteiger partial charge in [-0.15, -0.1) is 0 Å². The Hall–Kier alpha value is -1.52. The second-order valence-electron chi connectivity index (χ2n) is 5.09. The topological polar surface area (TPSA) is 53.1 Å². The van der Waals surface area contributed by atoms with Crippen LogP contribution in [0.2, 0.25) is 5.02 Å². The number of halogens is 1. The zero-order valence-corrected chi connectivity index (χ0v) is 13.0. The number of ether oxygens (including phenoxy) is 1. The van der Waals surface area contributed by atoms with Crippen LogP contribution in [0.5, 0.6) is 5.75 Å². The van der Waals surface area contributed by atoms with Gasteiger partial charge < -0.3 is 10.5 Å². The molecule has 0 fully saturated rings. The highest BCUT2D eigenvalue weighted by atomic mass is 35.5. The van der Waals surface area contributed by atoms with Gasteiger partial charge in [-0.2, -0.15) is 5.10 Å². The van der Waals surface area contributed by atoms with Crippen molar-refractivity contribution in [3.05, 3.63) is 45.7 Å². The van der Waals surface area contributed by atoms with Crippen LogP contribution in [0.25, 0.3) is 0 Å². The second kappa shape index (κ2) is 5.85. The number of aromatic nitrogens is 2. The van der Waals surface area contributed by atoms with Crippen molar-refractivity contribution in [3.63, 3.8) is 0 Å². The minimum Gasteiger partial charge on any atom is -0.487 e. The molecule has 0 aliphatic carbocycles. The normalized spacial score (nSPS) is 12.5. The van der Waals surface area contributed by atoms with E-state index in [0.29, 0.717) is 11.6 Å². The lowest BCUT2D eigenvalue weighted by Gasteiger charge is -2.15. The summed E-state index contributed by atoms with van der Waals surface area (Å²) in [4.78, 5) is 0. The number of benzene rings is 1. The van der Waals surface area contributed by atoms with Crippen LogP contribution in [0.1, 0.15) is 35.5 Å². The number of hydrogen-bond donors (Lipinski definition) is 1. The fourth-order valence-electron chi connectivity index (χ4n) is 2.13. The fourth-order valence-corrected chi connectivity index (χ4v) is 2.34. The molecular formula is C15H20ClN3O. The van der Waals surface area contributed by atoms with Crippen LogP contribution in [0.4, 0.5) is 0 Å². The summed E-state index contributed by atoms with van der Waals surface area (Å²) in [6, 6.07) is 5.96. The molecule has 5 heteroatoms. The van der Waals surface area contributed by atoms with Gasteiger partial charge in [0.05, 0.1) is 16.4 Å². The van der Waals surface area contributed by atoms with Crippen LogP contribution < -0.4 is 10.5 Å². The van der Waals surface area contributed by atoms with E-state index < -0.39 is 0 Å². The number of rotatable bonds is 4. The first-order valence-corrected chi connectivity index (χ1v) is 6.95. The van der Waals surface area contributed by atoms with Crippen molar-refractivity contribution in [1.29, 1.82) is 0 Å². The van der Waals surface area contributed by atoms with E-state index in [1.807, 2.05) is 46.0 Å². The molecule has 1 unspecified atom stereocenters. The van der Waals surface area contributed by atoms with Crippen molar-refractivity contribution in [1.82, 2.24) is 9.78 Å². The molecule has 2 rings (SSSR count). The van der Waals surface area contributed by atoms with Gasteiger partial charge in [0, 0.05) is 18.7 Å². The number of nitrogens with zero attached hydrogens (tertiary/aromatic N) is 2. The third-order valence-corrected chi connectivity index (χ3v) is 3.78. The zero-order chi connectivity index (χ0) is 14.9. The minimum atomic E-state index is -0.0747. The molecule has 1 aromatic heterocycles. The Bertz CT molecular complexity index is 620. The van der Waals surface area contributed by atoms with Crippen LogP contribution in [0, 0.1) is 13.8 Å². The van der Waals surface area contributed by atoms with Crippen LogP contribution in [-0.2, 0) is 13.7 Å². The van der Waals surface area contributed by atoms with Gasteiger partial charge in [0.25, 0.3) is 0 Å². The van der Waals surface area contributed by atoms with Gasteiger partial charge in [0.1, 0.15) is 12.4 Å². The van der Waals surface area contributed by atoms with Crippen LogP contribution >= 0.6 is 11.6 Å². The Morgan fingerprint density at radius 2 is 2.10 bits per heavy atom. The molecule has 2 N–H and O–H groups in total. The molecule has 2 aromatic rings. The lowest BCUT2D eigenvalue weighted by molar-refractivity contribution is 0.290.